The van der Waals surface area contributed by atoms with Crippen molar-refractivity contribution in [2.24, 2.45) is 0 Å². The molecule has 0 aliphatic carbocycles. The van der Waals surface area contributed by atoms with Gasteiger partial charge in [0.25, 0.3) is 0 Å². The molecule has 2 aromatic rings. The van der Waals surface area contributed by atoms with Gasteiger partial charge in [0.15, 0.2) is 0 Å². The second-order valence-electron chi connectivity index (χ2n) is 8.08. The first-order valence-corrected chi connectivity index (χ1v) is 11.1. The summed E-state index contributed by atoms with van der Waals surface area (Å²) in [4.78, 5) is 17.1. The van der Waals surface area contributed by atoms with Gasteiger partial charge in [-0.25, -0.2) is 0 Å². The Morgan fingerprint density at radius 1 is 1.03 bits per heavy atom. The van der Waals surface area contributed by atoms with Crippen LogP contribution in [0.3, 0.4) is 0 Å². The number of benzene rings is 2. The summed E-state index contributed by atoms with van der Waals surface area (Å²) in [5, 5.41) is 3.06. The number of ether oxygens (including phenoxy) is 1. The van der Waals surface area contributed by atoms with Crippen LogP contribution in [0.4, 0.5) is 5.69 Å². The Hall–Kier alpha value is -2.53. The summed E-state index contributed by atoms with van der Waals surface area (Å²) in [6.45, 7) is 8.43. The molecule has 1 N–H and O–H groups in total. The lowest BCUT2D eigenvalue weighted by Crippen LogP contribution is -2.46. The monoisotopic (exact) mass is 409 g/mol. The normalized spacial score (nSPS) is 14.5. The second kappa shape index (κ2) is 11.6. The Kier molecular flexibility index (Phi) is 8.57. The third-order valence-electron chi connectivity index (χ3n) is 5.74. The number of nitrogens with one attached hydrogen (secondary N) is 1. The fourth-order valence-corrected chi connectivity index (χ4v) is 3.92. The van der Waals surface area contributed by atoms with E-state index in [-0.39, 0.29) is 5.91 Å². The lowest BCUT2D eigenvalue weighted by atomic mass is 10.1. The van der Waals surface area contributed by atoms with Crippen molar-refractivity contribution in [1.82, 2.24) is 10.2 Å². The number of aryl methyl sites for hydroxylation is 2. The zero-order valence-electron chi connectivity index (χ0n) is 18.4. The maximum atomic E-state index is 12.1. The van der Waals surface area contributed by atoms with Crippen LogP contribution in [-0.2, 0) is 11.2 Å². The minimum Gasteiger partial charge on any atom is -0.497 e. The van der Waals surface area contributed by atoms with Crippen LogP contribution < -0.4 is 15.0 Å². The average molecular weight is 410 g/mol. The highest BCUT2D eigenvalue weighted by Gasteiger charge is 2.16. The van der Waals surface area contributed by atoms with E-state index in [1.807, 2.05) is 24.3 Å². The SMILES string of the molecule is COc1cccc(CCC(=O)NCCCCN2CCN(c3cccc(C)c3)CC2)c1. The quantitative estimate of drug-likeness (QED) is 0.609. The van der Waals surface area contributed by atoms with Crippen molar-refractivity contribution in [2.45, 2.75) is 32.6 Å². The molecule has 0 saturated carbocycles. The molecule has 162 valence electrons. The van der Waals surface area contributed by atoms with Crippen LogP contribution in [-0.4, -0.2) is 57.2 Å². The third kappa shape index (κ3) is 7.06. The highest BCUT2D eigenvalue weighted by atomic mass is 16.5. The zero-order valence-corrected chi connectivity index (χ0v) is 18.4. The lowest BCUT2D eigenvalue weighted by molar-refractivity contribution is -0.121. The Bertz CT molecular complexity index is 800. The molecular formula is C25H35N3O2. The van der Waals surface area contributed by atoms with Crippen molar-refractivity contribution in [1.29, 1.82) is 0 Å². The van der Waals surface area contributed by atoms with E-state index in [4.69, 9.17) is 4.74 Å². The van der Waals surface area contributed by atoms with Gasteiger partial charge < -0.3 is 15.0 Å². The number of piperazine rings is 1. The van der Waals surface area contributed by atoms with E-state index in [1.165, 1.54) is 11.3 Å². The molecule has 1 saturated heterocycles. The topological polar surface area (TPSA) is 44.8 Å². The number of nitrogens with zero attached hydrogens (tertiary/aromatic N) is 2. The molecule has 30 heavy (non-hydrogen) atoms. The fraction of sp³-hybridized carbons (Fsp3) is 0.480. The largest absolute Gasteiger partial charge is 0.497 e. The van der Waals surface area contributed by atoms with Gasteiger partial charge in [-0.1, -0.05) is 24.3 Å². The van der Waals surface area contributed by atoms with E-state index in [9.17, 15) is 4.79 Å². The molecular weight excluding hydrogens is 374 g/mol. The van der Waals surface area contributed by atoms with Gasteiger partial charge in [-0.05, 0) is 68.1 Å². The van der Waals surface area contributed by atoms with E-state index < -0.39 is 0 Å². The maximum absolute atomic E-state index is 12.1. The predicted octanol–water partition coefficient (Wildman–Crippen LogP) is 3.65. The molecule has 0 unspecified atom stereocenters. The van der Waals surface area contributed by atoms with Crippen LogP contribution >= 0.6 is 0 Å². The minimum absolute atomic E-state index is 0.129. The Labute approximate surface area is 181 Å². The van der Waals surface area contributed by atoms with Gasteiger partial charge in [0.1, 0.15) is 5.75 Å². The van der Waals surface area contributed by atoms with E-state index >= 15 is 0 Å². The molecule has 1 amide bonds. The van der Waals surface area contributed by atoms with Gasteiger partial charge in [0.05, 0.1) is 7.11 Å². The van der Waals surface area contributed by atoms with Gasteiger partial charge in [-0.2, -0.15) is 0 Å². The zero-order chi connectivity index (χ0) is 21.2. The first kappa shape index (κ1) is 22.2. The Morgan fingerprint density at radius 2 is 1.83 bits per heavy atom. The molecule has 5 nitrogen and oxygen atoms in total. The van der Waals surface area contributed by atoms with Crippen molar-refractivity contribution in [3.8, 4) is 5.75 Å². The van der Waals surface area contributed by atoms with Crippen LogP contribution in [0.5, 0.6) is 5.75 Å². The number of anilines is 1. The number of carbonyl (C=O) groups excluding carboxylic acids is 1. The Balaban J connectivity index is 1.24. The van der Waals surface area contributed by atoms with E-state index in [0.29, 0.717) is 6.42 Å². The summed E-state index contributed by atoms with van der Waals surface area (Å²) in [5.74, 6) is 0.970. The number of unbranched alkanes of at least 4 members (excludes halogenated alkanes) is 1. The first-order valence-electron chi connectivity index (χ1n) is 11.1. The van der Waals surface area contributed by atoms with Gasteiger partial charge in [-0.15, -0.1) is 0 Å². The van der Waals surface area contributed by atoms with Crippen LogP contribution in [0.25, 0.3) is 0 Å². The van der Waals surface area contributed by atoms with E-state index in [2.05, 4.69) is 46.3 Å². The molecule has 0 atom stereocenters. The molecule has 0 radical (unpaired) electrons. The number of methoxy groups -OCH3 is 1. The Morgan fingerprint density at radius 3 is 2.60 bits per heavy atom. The molecule has 2 aromatic carbocycles. The standard InChI is InChI=1S/C25H35N3O2/c1-21-7-5-9-23(19-21)28-17-15-27(16-18-28)14-4-3-13-26-25(29)12-11-22-8-6-10-24(20-22)30-2/h5-10,19-20H,3-4,11-18H2,1-2H3,(H,26,29). The van der Waals surface area contributed by atoms with Crippen molar-refractivity contribution >= 4 is 11.6 Å². The van der Waals surface area contributed by atoms with E-state index in [1.54, 1.807) is 7.11 Å². The van der Waals surface area contributed by atoms with Crippen molar-refractivity contribution < 1.29 is 9.53 Å². The van der Waals surface area contributed by atoms with Crippen LogP contribution in [0, 0.1) is 6.92 Å². The highest BCUT2D eigenvalue weighted by molar-refractivity contribution is 5.76. The first-order chi connectivity index (χ1) is 14.6. The van der Waals surface area contributed by atoms with Crippen LogP contribution in [0.1, 0.15) is 30.4 Å². The van der Waals surface area contributed by atoms with Gasteiger partial charge in [-0.3, -0.25) is 9.69 Å². The number of hydrogen-bond acceptors (Lipinski definition) is 4. The molecule has 1 fully saturated rings. The summed E-state index contributed by atoms with van der Waals surface area (Å²) in [7, 11) is 1.66. The highest BCUT2D eigenvalue weighted by Crippen LogP contribution is 2.18. The molecule has 0 spiro atoms. The summed E-state index contributed by atoms with van der Waals surface area (Å²) in [6, 6.07) is 16.7. The number of hydrogen-bond donors (Lipinski definition) is 1. The lowest BCUT2D eigenvalue weighted by Gasteiger charge is -2.36. The average Bonchev–Trinajstić information content (AvgIpc) is 2.78. The van der Waals surface area contributed by atoms with Gasteiger partial charge in [0, 0.05) is 44.8 Å². The van der Waals surface area contributed by atoms with Crippen molar-refractivity contribution in [2.75, 3.05) is 51.3 Å². The molecule has 1 aliphatic rings. The van der Waals surface area contributed by atoms with Gasteiger partial charge in [0.2, 0.25) is 5.91 Å². The third-order valence-corrected chi connectivity index (χ3v) is 5.74. The second-order valence-corrected chi connectivity index (χ2v) is 8.08. The summed E-state index contributed by atoms with van der Waals surface area (Å²) < 4.78 is 5.23. The smallest absolute Gasteiger partial charge is 0.220 e. The van der Waals surface area contributed by atoms with Crippen LogP contribution in [0.15, 0.2) is 48.5 Å². The fourth-order valence-electron chi connectivity index (χ4n) is 3.92. The molecule has 3 rings (SSSR count). The number of rotatable bonds is 10. The summed E-state index contributed by atoms with van der Waals surface area (Å²) in [5.41, 5.74) is 3.79. The van der Waals surface area contributed by atoms with Crippen molar-refractivity contribution in [3.63, 3.8) is 0 Å². The maximum Gasteiger partial charge on any atom is 0.220 e. The minimum atomic E-state index is 0.129. The summed E-state index contributed by atoms with van der Waals surface area (Å²) >= 11 is 0. The molecule has 5 heteroatoms. The molecule has 0 bridgehead atoms. The molecule has 1 aliphatic heterocycles. The summed E-state index contributed by atoms with van der Waals surface area (Å²) in [6.07, 6.45) is 3.42. The predicted molar refractivity (Wildman–Crippen MR) is 123 cm³/mol. The van der Waals surface area contributed by atoms with Gasteiger partial charge >= 0.3 is 0 Å². The molecule has 0 aromatic heterocycles. The number of amides is 1. The van der Waals surface area contributed by atoms with Crippen LogP contribution in [0.2, 0.25) is 0 Å². The van der Waals surface area contributed by atoms with E-state index in [0.717, 1.165) is 69.8 Å². The molecule has 1 heterocycles. The van der Waals surface area contributed by atoms with Crippen molar-refractivity contribution in [3.05, 3.63) is 59.7 Å². The number of carbonyl (C=O) groups is 1.